The zero-order chi connectivity index (χ0) is 16.5. The van der Waals surface area contributed by atoms with Crippen LogP contribution >= 0.6 is 0 Å². The first-order chi connectivity index (χ1) is 10.2. The van der Waals surface area contributed by atoms with Gasteiger partial charge in [-0.1, -0.05) is 12.1 Å². The van der Waals surface area contributed by atoms with Crippen LogP contribution < -0.4 is 0 Å². The minimum Gasteiger partial charge on any atom is -0.342 e. The molecule has 1 amide bonds. The number of alkyl halides is 2. The van der Waals surface area contributed by atoms with E-state index < -0.39 is 20.5 Å². The summed E-state index contributed by atoms with van der Waals surface area (Å²) in [6.07, 6.45) is 2.40. The van der Waals surface area contributed by atoms with Gasteiger partial charge in [0.2, 0.25) is 15.7 Å². The van der Waals surface area contributed by atoms with Crippen LogP contribution in [0.5, 0.6) is 0 Å². The first-order valence-electron chi connectivity index (χ1n) is 7.10. The Bertz CT molecular complexity index is 639. The lowest BCUT2D eigenvalue weighted by Gasteiger charge is -2.25. The highest BCUT2D eigenvalue weighted by atomic mass is 32.2. The Balaban J connectivity index is 2.03. The van der Waals surface area contributed by atoms with E-state index in [2.05, 4.69) is 0 Å². The van der Waals surface area contributed by atoms with E-state index in [1.165, 1.54) is 12.1 Å². The fraction of sp³-hybridized carbons (Fsp3) is 0.533. The Hall–Kier alpha value is -1.50. The Kier molecular flexibility index (Phi) is 4.84. The third-order valence-corrected chi connectivity index (χ3v) is 5.55. The van der Waals surface area contributed by atoms with Crippen LogP contribution in [0.4, 0.5) is 8.78 Å². The number of carbonyl (C=O) groups excluding carboxylic acids is 1. The molecule has 0 bridgehead atoms. The van der Waals surface area contributed by atoms with Gasteiger partial charge in [-0.2, -0.15) is 8.78 Å². The molecule has 1 fully saturated rings. The molecule has 1 aromatic carbocycles. The molecule has 0 aromatic heterocycles. The van der Waals surface area contributed by atoms with Crippen molar-refractivity contribution in [1.82, 2.24) is 4.90 Å². The highest BCUT2D eigenvalue weighted by Crippen LogP contribution is 2.34. The van der Waals surface area contributed by atoms with E-state index >= 15 is 0 Å². The summed E-state index contributed by atoms with van der Waals surface area (Å²) in [5.41, 5.74) is 0.605. The molecule has 1 aliphatic carbocycles. The maximum atomic E-state index is 12.4. The third-order valence-electron chi connectivity index (χ3n) is 4.15. The quantitative estimate of drug-likeness (QED) is 0.805. The third kappa shape index (κ3) is 3.63. The van der Waals surface area contributed by atoms with Gasteiger partial charge in [-0.05, 0) is 43.4 Å². The van der Waals surface area contributed by atoms with Gasteiger partial charge in [0.25, 0.3) is 0 Å². The number of sulfone groups is 1. The number of halogens is 2. The molecular formula is C15H19F2NO3S. The van der Waals surface area contributed by atoms with Crippen molar-refractivity contribution >= 4 is 15.7 Å². The second-order valence-corrected chi connectivity index (χ2v) is 7.63. The SMILES string of the molecule is C[C@@H](C1CC1)N(C)C(=O)Cc1ccc(S(=O)(=O)C(F)F)cc1. The minimum atomic E-state index is -4.58. The van der Waals surface area contributed by atoms with Gasteiger partial charge in [-0.25, -0.2) is 8.42 Å². The summed E-state index contributed by atoms with van der Waals surface area (Å²) in [4.78, 5) is 13.4. The molecule has 1 saturated carbocycles. The molecule has 1 aliphatic rings. The molecule has 0 heterocycles. The minimum absolute atomic E-state index is 0.0659. The molecule has 2 rings (SSSR count). The van der Waals surface area contributed by atoms with Crippen LogP contribution in [0.2, 0.25) is 0 Å². The van der Waals surface area contributed by atoms with Crippen LogP contribution in [-0.2, 0) is 21.1 Å². The maximum Gasteiger partial charge on any atom is 0.341 e. The largest absolute Gasteiger partial charge is 0.342 e. The first-order valence-corrected chi connectivity index (χ1v) is 8.64. The molecule has 7 heteroatoms. The van der Waals surface area contributed by atoms with Crippen molar-refractivity contribution in [2.24, 2.45) is 5.92 Å². The molecule has 0 spiro atoms. The lowest BCUT2D eigenvalue weighted by molar-refractivity contribution is -0.131. The lowest BCUT2D eigenvalue weighted by Crippen LogP contribution is -2.37. The number of amides is 1. The molecule has 4 nitrogen and oxygen atoms in total. The van der Waals surface area contributed by atoms with E-state index in [0.29, 0.717) is 11.5 Å². The van der Waals surface area contributed by atoms with E-state index in [9.17, 15) is 22.0 Å². The van der Waals surface area contributed by atoms with E-state index in [0.717, 1.165) is 25.0 Å². The highest BCUT2D eigenvalue weighted by Gasteiger charge is 2.32. The molecule has 0 saturated heterocycles. The number of hydrogen-bond acceptors (Lipinski definition) is 3. The number of benzene rings is 1. The van der Waals surface area contributed by atoms with Gasteiger partial charge < -0.3 is 4.90 Å². The van der Waals surface area contributed by atoms with Crippen molar-refractivity contribution in [3.63, 3.8) is 0 Å². The Morgan fingerprint density at radius 1 is 1.27 bits per heavy atom. The maximum absolute atomic E-state index is 12.4. The van der Waals surface area contributed by atoms with Gasteiger partial charge in [0.05, 0.1) is 11.3 Å². The summed E-state index contributed by atoms with van der Waals surface area (Å²) in [5.74, 6) is -2.94. The normalized spacial score (nSPS) is 16.6. The van der Waals surface area contributed by atoms with Gasteiger partial charge in [-0.3, -0.25) is 4.79 Å². The predicted molar refractivity (Wildman–Crippen MR) is 78.3 cm³/mol. The van der Waals surface area contributed by atoms with Crippen molar-refractivity contribution in [3.05, 3.63) is 29.8 Å². The first kappa shape index (κ1) is 16.9. The predicted octanol–water partition coefficient (Wildman–Crippen LogP) is 2.48. The molecule has 0 radical (unpaired) electrons. The topological polar surface area (TPSA) is 54.5 Å². The molecule has 0 unspecified atom stereocenters. The van der Waals surface area contributed by atoms with Crippen LogP contribution in [0, 0.1) is 5.92 Å². The van der Waals surface area contributed by atoms with Crippen LogP contribution in [0.15, 0.2) is 29.2 Å². The van der Waals surface area contributed by atoms with E-state index in [1.807, 2.05) is 6.92 Å². The zero-order valence-electron chi connectivity index (χ0n) is 12.5. The fourth-order valence-electron chi connectivity index (χ4n) is 2.32. The summed E-state index contributed by atoms with van der Waals surface area (Å²) < 4.78 is 47.5. The standard InChI is InChI=1S/C15H19F2NO3S/c1-10(12-5-6-12)18(2)14(19)9-11-3-7-13(8-4-11)22(20,21)15(16)17/h3-4,7-8,10,12,15H,5-6,9H2,1-2H3/t10-/m0/s1. The van der Waals surface area contributed by atoms with Crippen molar-refractivity contribution in [1.29, 1.82) is 0 Å². The van der Waals surface area contributed by atoms with E-state index in [1.54, 1.807) is 11.9 Å². The summed E-state index contributed by atoms with van der Waals surface area (Å²) in [7, 11) is -2.83. The van der Waals surface area contributed by atoms with Crippen molar-refractivity contribution in [3.8, 4) is 0 Å². The van der Waals surface area contributed by atoms with Gasteiger partial charge in [0.15, 0.2) is 0 Å². The van der Waals surface area contributed by atoms with Gasteiger partial charge >= 0.3 is 5.76 Å². The molecule has 1 aromatic rings. The average molecular weight is 331 g/mol. The second kappa shape index (κ2) is 6.32. The number of hydrogen-bond donors (Lipinski definition) is 0. The van der Waals surface area contributed by atoms with Crippen molar-refractivity contribution < 1.29 is 22.0 Å². The number of likely N-dealkylation sites (N-methyl/N-ethyl adjacent to an activating group) is 1. The Labute approximate surface area is 129 Å². The second-order valence-electron chi connectivity index (χ2n) is 5.71. The molecule has 0 aliphatic heterocycles. The average Bonchev–Trinajstić information content (AvgIpc) is 3.30. The summed E-state index contributed by atoms with van der Waals surface area (Å²) in [6.45, 7) is 2.01. The molecule has 0 N–H and O–H groups in total. The lowest BCUT2D eigenvalue weighted by atomic mass is 10.1. The van der Waals surface area contributed by atoms with Crippen LogP contribution in [0.3, 0.4) is 0 Å². The summed E-state index contributed by atoms with van der Waals surface area (Å²) >= 11 is 0. The van der Waals surface area contributed by atoms with E-state index in [-0.39, 0.29) is 18.4 Å². The van der Waals surface area contributed by atoms with Crippen LogP contribution in [0.25, 0.3) is 0 Å². The summed E-state index contributed by atoms with van der Waals surface area (Å²) in [6, 6.07) is 5.24. The molecule has 22 heavy (non-hydrogen) atoms. The van der Waals surface area contributed by atoms with Crippen LogP contribution in [-0.4, -0.2) is 38.1 Å². The summed E-state index contributed by atoms with van der Waals surface area (Å²) in [5, 5.41) is 0. The number of carbonyl (C=O) groups is 1. The molecular weight excluding hydrogens is 312 g/mol. The monoisotopic (exact) mass is 331 g/mol. The fourth-order valence-corrected chi connectivity index (χ4v) is 3.04. The van der Waals surface area contributed by atoms with Crippen LogP contribution in [0.1, 0.15) is 25.3 Å². The number of nitrogens with zero attached hydrogens (tertiary/aromatic N) is 1. The van der Waals surface area contributed by atoms with Crippen molar-refractivity contribution in [2.45, 2.75) is 42.9 Å². The zero-order valence-corrected chi connectivity index (χ0v) is 13.3. The van der Waals surface area contributed by atoms with Gasteiger partial charge in [-0.15, -0.1) is 0 Å². The Morgan fingerprint density at radius 2 is 1.82 bits per heavy atom. The molecule has 122 valence electrons. The smallest absolute Gasteiger partial charge is 0.341 e. The Morgan fingerprint density at radius 3 is 2.27 bits per heavy atom. The molecule has 1 atom stereocenters. The van der Waals surface area contributed by atoms with Crippen molar-refractivity contribution in [2.75, 3.05) is 7.05 Å². The van der Waals surface area contributed by atoms with E-state index in [4.69, 9.17) is 0 Å². The van der Waals surface area contributed by atoms with Gasteiger partial charge in [0, 0.05) is 13.1 Å². The highest BCUT2D eigenvalue weighted by molar-refractivity contribution is 7.91. The van der Waals surface area contributed by atoms with Gasteiger partial charge in [0.1, 0.15) is 0 Å². The number of rotatable bonds is 6.